The van der Waals surface area contributed by atoms with Gasteiger partial charge in [-0.1, -0.05) is 5.57 Å². The number of amides is 1. The highest BCUT2D eigenvalue weighted by Gasteiger charge is 2.01. The second-order valence-corrected chi connectivity index (χ2v) is 3.49. The van der Waals surface area contributed by atoms with Gasteiger partial charge in [-0.15, -0.1) is 0 Å². The van der Waals surface area contributed by atoms with E-state index in [1.807, 2.05) is 0 Å². The van der Waals surface area contributed by atoms with Gasteiger partial charge in [0.15, 0.2) is 0 Å². The van der Waals surface area contributed by atoms with E-state index in [0.717, 1.165) is 23.8 Å². The summed E-state index contributed by atoms with van der Waals surface area (Å²) < 4.78 is 25.5. The average molecular weight is 226 g/mol. The van der Waals surface area contributed by atoms with Gasteiger partial charge >= 0.3 is 0 Å². The van der Waals surface area contributed by atoms with Crippen molar-refractivity contribution in [3.63, 3.8) is 0 Å². The Morgan fingerprint density at radius 1 is 1.19 bits per heavy atom. The molecule has 0 radical (unpaired) electrons. The summed E-state index contributed by atoms with van der Waals surface area (Å²) in [6.45, 7) is 3.53. The van der Waals surface area contributed by atoms with Crippen molar-refractivity contribution in [3.8, 4) is 0 Å². The summed E-state index contributed by atoms with van der Waals surface area (Å²) >= 11 is 0. The number of carbonyl (C=O) groups is 1. The second-order valence-electron chi connectivity index (χ2n) is 3.49. The Morgan fingerprint density at radius 3 is 2.25 bits per heavy atom. The van der Waals surface area contributed by atoms with Crippen LogP contribution in [-0.2, 0) is 4.79 Å². The number of nitrogens with one attached hydrogen (secondary N) is 2. The fraction of sp³-hybridized carbons (Fsp3) is 0.182. The minimum atomic E-state index is -0.709. The molecule has 2 N–H and O–H groups in total. The number of carbonyl (C=O) groups excluding carboxylic acids is 1. The molecule has 1 aromatic rings. The third-order valence-electron chi connectivity index (χ3n) is 1.61. The highest BCUT2D eigenvalue weighted by molar-refractivity contribution is 5.88. The maximum Gasteiger partial charge on any atom is 0.262 e. The van der Waals surface area contributed by atoms with Gasteiger partial charge in [0, 0.05) is 12.1 Å². The Bertz CT molecular complexity index is 406. The molecule has 86 valence electrons. The molecule has 0 aliphatic heterocycles. The van der Waals surface area contributed by atoms with Gasteiger partial charge in [-0.2, -0.15) is 0 Å². The fourth-order valence-electron chi connectivity index (χ4n) is 1.06. The highest BCUT2D eigenvalue weighted by atomic mass is 19.1. The van der Waals surface area contributed by atoms with Crippen LogP contribution in [0.5, 0.6) is 0 Å². The standard InChI is InChI=1S/C11H12F2N2O/c1-7(2)3-11(16)15-14-10-5-8(12)4-9(13)6-10/h3-6,14H,1-2H3,(H,15,16). The first-order valence-corrected chi connectivity index (χ1v) is 4.64. The first-order valence-electron chi connectivity index (χ1n) is 4.64. The van der Waals surface area contributed by atoms with Crippen LogP contribution in [0, 0.1) is 11.6 Å². The molecule has 0 fully saturated rings. The zero-order valence-corrected chi connectivity index (χ0v) is 8.97. The van der Waals surface area contributed by atoms with Gasteiger partial charge in [0.05, 0.1) is 5.69 Å². The van der Waals surface area contributed by atoms with Gasteiger partial charge in [0.2, 0.25) is 0 Å². The van der Waals surface area contributed by atoms with E-state index in [1.54, 1.807) is 13.8 Å². The van der Waals surface area contributed by atoms with E-state index in [-0.39, 0.29) is 11.6 Å². The highest BCUT2D eigenvalue weighted by Crippen LogP contribution is 2.11. The van der Waals surface area contributed by atoms with Crippen LogP contribution in [0.15, 0.2) is 29.8 Å². The normalized spacial score (nSPS) is 9.50. The van der Waals surface area contributed by atoms with Gasteiger partial charge in [0.25, 0.3) is 5.91 Å². The fourth-order valence-corrected chi connectivity index (χ4v) is 1.06. The molecular formula is C11H12F2N2O. The summed E-state index contributed by atoms with van der Waals surface area (Å²) in [6.07, 6.45) is 1.36. The van der Waals surface area contributed by atoms with E-state index in [0.29, 0.717) is 0 Å². The number of hydrazine groups is 1. The van der Waals surface area contributed by atoms with E-state index in [1.165, 1.54) is 6.08 Å². The van der Waals surface area contributed by atoms with Crippen LogP contribution < -0.4 is 10.9 Å². The monoisotopic (exact) mass is 226 g/mol. The molecule has 1 amide bonds. The van der Waals surface area contributed by atoms with Crippen LogP contribution in [0.4, 0.5) is 14.5 Å². The number of halogens is 2. The molecule has 0 unspecified atom stereocenters. The molecule has 1 rings (SSSR count). The zero-order valence-electron chi connectivity index (χ0n) is 8.97. The third kappa shape index (κ3) is 4.08. The topological polar surface area (TPSA) is 41.1 Å². The largest absolute Gasteiger partial charge is 0.298 e. The predicted octanol–water partition coefficient (Wildman–Crippen LogP) is 2.37. The van der Waals surface area contributed by atoms with E-state index >= 15 is 0 Å². The molecule has 0 aliphatic rings. The van der Waals surface area contributed by atoms with Crippen molar-refractivity contribution in [2.45, 2.75) is 13.8 Å². The number of anilines is 1. The molecular weight excluding hydrogens is 214 g/mol. The summed E-state index contributed by atoms with van der Waals surface area (Å²) in [7, 11) is 0. The van der Waals surface area contributed by atoms with E-state index in [2.05, 4.69) is 10.9 Å². The van der Waals surface area contributed by atoms with E-state index in [9.17, 15) is 13.6 Å². The summed E-state index contributed by atoms with van der Waals surface area (Å²) in [5, 5.41) is 0. The number of rotatable bonds is 3. The quantitative estimate of drug-likeness (QED) is 0.613. The maximum absolute atomic E-state index is 12.8. The predicted molar refractivity (Wildman–Crippen MR) is 57.6 cm³/mol. The smallest absolute Gasteiger partial charge is 0.262 e. The third-order valence-corrected chi connectivity index (χ3v) is 1.61. The molecule has 3 nitrogen and oxygen atoms in total. The summed E-state index contributed by atoms with van der Waals surface area (Å²) in [5.41, 5.74) is 5.66. The van der Waals surface area contributed by atoms with Gasteiger partial charge in [-0.05, 0) is 26.0 Å². The van der Waals surface area contributed by atoms with E-state index in [4.69, 9.17) is 0 Å². The molecule has 0 heterocycles. The van der Waals surface area contributed by atoms with Crippen LogP contribution in [0.25, 0.3) is 0 Å². The number of hydrogen-bond acceptors (Lipinski definition) is 2. The zero-order chi connectivity index (χ0) is 12.1. The van der Waals surface area contributed by atoms with Crippen LogP contribution in [0.3, 0.4) is 0 Å². The SMILES string of the molecule is CC(C)=CC(=O)NNc1cc(F)cc(F)c1. The van der Waals surface area contributed by atoms with Crippen LogP contribution in [0.2, 0.25) is 0 Å². The van der Waals surface area contributed by atoms with Crippen molar-refractivity contribution in [2.75, 3.05) is 5.43 Å². The first-order chi connectivity index (χ1) is 7.47. The maximum atomic E-state index is 12.8. The Labute approximate surface area is 92.1 Å². The van der Waals surface area contributed by atoms with Gasteiger partial charge in [-0.3, -0.25) is 15.6 Å². The Morgan fingerprint density at radius 2 is 1.75 bits per heavy atom. The first kappa shape index (κ1) is 12.2. The van der Waals surface area contributed by atoms with Gasteiger partial charge in [-0.25, -0.2) is 8.78 Å². The Balaban J connectivity index is 2.61. The lowest BCUT2D eigenvalue weighted by Crippen LogP contribution is -2.27. The second kappa shape index (κ2) is 5.25. The van der Waals surface area contributed by atoms with Gasteiger partial charge < -0.3 is 0 Å². The van der Waals surface area contributed by atoms with Crippen molar-refractivity contribution in [1.82, 2.24) is 5.43 Å². The van der Waals surface area contributed by atoms with Crippen LogP contribution in [-0.4, -0.2) is 5.91 Å². The molecule has 5 heteroatoms. The Hall–Kier alpha value is -1.91. The minimum absolute atomic E-state index is 0.146. The molecule has 0 aromatic heterocycles. The minimum Gasteiger partial charge on any atom is -0.298 e. The molecule has 1 aromatic carbocycles. The van der Waals surface area contributed by atoms with Crippen LogP contribution in [0.1, 0.15) is 13.8 Å². The van der Waals surface area contributed by atoms with Crippen LogP contribution >= 0.6 is 0 Å². The lowest BCUT2D eigenvalue weighted by molar-refractivity contribution is -0.116. The molecule has 0 saturated carbocycles. The van der Waals surface area contributed by atoms with Crippen molar-refractivity contribution < 1.29 is 13.6 Å². The number of hydrogen-bond donors (Lipinski definition) is 2. The molecule has 0 aliphatic carbocycles. The summed E-state index contributed by atoms with van der Waals surface area (Å²) in [6, 6.07) is 2.90. The molecule has 16 heavy (non-hydrogen) atoms. The molecule has 0 spiro atoms. The summed E-state index contributed by atoms with van der Waals surface area (Å²) in [5.74, 6) is -1.80. The van der Waals surface area contributed by atoms with Crippen molar-refractivity contribution >= 4 is 11.6 Å². The Kier molecular flexibility index (Phi) is 3.99. The molecule has 0 atom stereocenters. The number of allylic oxidation sites excluding steroid dienone is 1. The average Bonchev–Trinajstić information content (AvgIpc) is 2.12. The summed E-state index contributed by atoms with van der Waals surface area (Å²) in [4.78, 5) is 11.2. The number of benzene rings is 1. The van der Waals surface area contributed by atoms with Crippen molar-refractivity contribution in [3.05, 3.63) is 41.5 Å². The van der Waals surface area contributed by atoms with E-state index < -0.39 is 11.6 Å². The lowest BCUT2D eigenvalue weighted by atomic mass is 10.3. The van der Waals surface area contributed by atoms with Crippen molar-refractivity contribution in [2.24, 2.45) is 0 Å². The lowest BCUT2D eigenvalue weighted by Gasteiger charge is -2.06. The molecule has 0 bridgehead atoms. The molecule has 0 saturated heterocycles. The van der Waals surface area contributed by atoms with Crippen molar-refractivity contribution in [1.29, 1.82) is 0 Å². The van der Waals surface area contributed by atoms with Gasteiger partial charge in [0.1, 0.15) is 11.6 Å².